The van der Waals surface area contributed by atoms with Crippen LogP contribution in [0, 0.1) is 0 Å². The highest BCUT2D eigenvalue weighted by atomic mass is 16.5. The summed E-state index contributed by atoms with van der Waals surface area (Å²) in [6, 6.07) is 16.1. The van der Waals surface area contributed by atoms with E-state index in [0.29, 0.717) is 25.4 Å². The van der Waals surface area contributed by atoms with E-state index in [-0.39, 0.29) is 12.0 Å². The number of nitrogens with zero attached hydrogens (tertiary/aromatic N) is 3. The van der Waals surface area contributed by atoms with Gasteiger partial charge in [-0.3, -0.25) is 9.20 Å². The number of rotatable bonds is 4. The average Bonchev–Trinajstić information content (AvgIpc) is 3.11. The van der Waals surface area contributed by atoms with Crippen LogP contribution in [0.2, 0.25) is 0 Å². The lowest BCUT2D eigenvalue weighted by Crippen LogP contribution is -2.46. The number of carbonyl (C=O) groups excluding carboxylic acids is 1. The zero-order valence-electron chi connectivity index (χ0n) is 14.0. The van der Waals surface area contributed by atoms with Gasteiger partial charge in [-0.25, -0.2) is 4.98 Å². The van der Waals surface area contributed by atoms with Crippen molar-refractivity contribution in [2.75, 3.05) is 19.7 Å². The van der Waals surface area contributed by atoms with Crippen LogP contribution in [0.5, 0.6) is 0 Å². The molecule has 1 fully saturated rings. The fourth-order valence-electron chi connectivity index (χ4n) is 3.30. The van der Waals surface area contributed by atoms with E-state index >= 15 is 0 Å². The number of ether oxygens (including phenoxy) is 1. The third-order valence-corrected chi connectivity index (χ3v) is 4.66. The third-order valence-electron chi connectivity index (χ3n) is 4.66. The summed E-state index contributed by atoms with van der Waals surface area (Å²) < 4.78 is 7.71. The highest BCUT2D eigenvalue weighted by molar-refractivity contribution is 5.93. The molecule has 0 aliphatic carbocycles. The van der Waals surface area contributed by atoms with Gasteiger partial charge in [0.25, 0.3) is 5.91 Å². The van der Waals surface area contributed by atoms with E-state index in [4.69, 9.17) is 4.74 Å². The molecule has 1 amide bonds. The number of carbonyl (C=O) groups is 1. The molecule has 0 N–H and O–H groups in total. The van der Waals surface area contributed by atoms with E-state index in [1.54, 1.807) is 6.20 Å². The van der Waals surface area contributed by atoms with Gasteiger partial charge in [0.1, 0.15) is 11.3 Å². The molecule has 3 heterocycles. The molecule has 5 nitrogen and oxygen atoms in total. The number of morpholine rings is 1. The molecule has 1 aliphatic heterocycles. The molecule has 0 spiro atoms. The van der Waals surface area contributed by atoms with Crippen molar-refractivity contribution < 1.29 is 9.53 Å². The van der Waals surface area contributed by atoms with Crippen molar-refractivity contribution in [2.45, 2.75) is 18.9 Å². The van der Waals surface area contributed by atoms with Crippen molar-refractivity contribution >= 4 is 11.6 Å². The van der Waals surface area contributed by atoms with Gasteiger partial charge in [0.2, 0.25) is 0 Å². The van der Waals surface area contributed by atoms with Crippen molar-refractivity contribution in [1.82, 2.24) is 14.3 Å². The van der Waals surface area contributed by atoms with Gasteiger partial charge >= 0.3 is 0 Å². The maximum Gasteiger partial charge on any atom is 0.272 e. The molecule has 5 heteroatoms. The summed E-state index contributed by atoms with van der Waals surface area (Å²) in [6.07, 6.45) is 5.50. The zero-order valence-corrected chi connectivity index (χ0v) is 14.0. The van der Waals surface area contributed by atoms with Crippen LogP contribution in [0.4, 0.5) is 0 Å². The van der Waals surface area contributed by atoms with Crippen molar-refractivity contribution in [3.63, 3.8) is 0 Å². The Hall–Kier alpha value is -2.66. The molecule has 1 unspecified atom stereocenters. The summed E-state index contributed by atoms with van der Waals surface area (Å²) in [5.74, 6) is 0.0201. The number of imidazole rings is 1. The lowest BCUT2D eigenvalue weighted by Gasteiger charge is -2.33. The van der Waals surface area contributed by atoms with Crippen LogP contribution < -0.4 is 0 Å². The van der Waals surface area contributed by atoms with Crippen molar-refractivity contribution in [1.29, 1.82) is 0 Å². The predicted molar refractivity (Wildman–Crippen MR) is 95.6 cm³/mol. The fourth-order valence-corrected chi connectivity index (χ4v) is 3.30. The van der Waals surface area contributed by atoms with Gasteiger partial charge < -0.3 is 9.64 Å². The van der Waals surface area contributed by atoms with Crippen molar-refractivity contribution in [3.8, 4) is 0 Å². The molecule has 1 aromatic carbocycles. The van der Waals surface area contributed by atoms with Crippen LogP contribution in [0.25, 0.3) is 5.65 Å². The van der Waals surface area contributed by atoms with Gasteiger partial charge in [0, 0.05) is 19.3 Å². The quantitative estimate of drug-likeness (QED) is 0.736. The molecular formula is C20H21N3O2. The van der Waals surface area contributed by atoms with Crippen LogP contribution in [0.3, 0.4) is 0 Å². The SMILES string of the molecule is O=C(c1cnc2ccccn12)N1CCOC(CCc2ccccc2)C1. The van der Waals surface area contributed by atoms with E-state index in [1.165, 1.54) is 5.56 Å². The van der Waals surface area contributed by atoms with E-state index < -0.39 is 0 Å². The lowest BCUT2D eigenvalue weighted by atomic mass is 10.1. The van der Waals surface area contributed by atoms with Crippen molar-refractivity contribution in [2.24, 2.45) is 0 Å². The van der Waals surface area contributed by atoms with Gasteiger partial charge in [-0.05, 0) is 30.5 Å². The smallest absolute Gasteiger partial charge is 0.272 e. The number of fused-ring (bicyclic) bond motifs is 1. The summed E-state index contributed by atoms with van der Waals surface area (Å²) >= 11 is 0. The minimum atomic E-state index is 0.0201. The number of aromatic nitrogens is 2. The topological polar surface area (TPSA) is 46.8 Å². The number of aryl methyl sites for hydroxylation is 1. The fraction of sp³-hybridized carbons (Fsp3) is 0.300. The second-order valence-electron chi connectivity index (χ2n) is 6.34. The number of hydrogen-bond donors (Lipinski definition) is 0. The minimum absolute atomic E-state index is 0.0201. The summed E-state index contributed by atoms with van der Waals surface area (Å²) in [5, 5.41) is 0. The highest BCUT2D eigenvalue weighted by Crippen LogP contribution is 2.16. The summed E-state index contributed by atoms with van der Waals surface area (Å²) in [4.78, 5) is 19.1. The molecule has 0 bridgehead atoms. The Morgan fingerprint density at radius 3 is 2.88 bits per heavy atom. The minimum Gasteiger partial charge on any atom is -0.375 e. The van der Waals surface area contributed by atoms with Crippen LogP contribution in [0.1, 0.15) is 22.5 Å². The van der Waals surface area contributed by atoms with Gasteiger partial charge in [-0.15, -0.1) is 0 Å². The molecule has 4 rings (SSSR count). The maximum absolute atomic E-state index is 12.9. The molecule has 1 atom stereocenters. The number of pyridine rings is 1. The second-order valence-corrected chi connectivity index (χ2v) is 6.34. The first-order valence-electron chi connectivity index (χ1n) is 8.68. The molecule has 1 aliphatic rings. The Bertz CT molecular complexity index is 860. The monoisotopic (exact) mass is 335 g/mol. The molecule has 3 aromatic rings. The van der Waals surface area contributed by atoms with Gasteiger partial charge in [-0.2, -0.15) is 0 Å². The Labute approximate surface area is 146 Å². The van der Waals surface area contributed by atoms with Gasteiger partial charge in [-0.1, -0.05) is 36.4 Å². The number of hydrogen-bond acceptors (Lipinski definition) is 3. The van der Waals surface area contributed by atoms with Crippen LogP contribution >= 0.6 is 0 Å². The third kappa shape index (κ3) is 3.42. The van der Waals surface area contributed by atoms with Crippen LogP contribution in [-0.4, -0.2) is 46.0 Å². The first-order valence-corrected chi connectivity index (χ1v) is 8.68. The normalized spacial score (nSPS) is 17.8. The Kier molecular flexibility index (Phi) is 4.48. The molecule has 0 saturated carbocycles. The van der Waals surface area contributed by atoms with Gasteiger partial charge in [0.15, 0.2) is 0 Å². The average molecular weight is 335 g/mol. The van der Waals surface area contributed by atoms with Crippen LogP contribution in [-0.2, 0) is 11.2 Å². The lowest BCUT2D eigenvalue weighted by molar-refractivity contribution is -0.0248. The first kappa shape index (κ1) is 15.8. The number of amides is 1. The Morgan fingerprint density at radius 2 is 2.00 bits per heavy atom. The summed E-state index contributed by atoms with van der Waals surface area (Å²) in [6.45, 7) is 1.84. The van der Waals surface area contributed by atoms with Gasteiger partial charge in [0.05, 0.1) is 18.9 Å². The molecule has 128 valence electrons. The van der Waals surface area contributed by atoms with Crippen molar-refractivity contribution in [3.05, 3.63) is 72.2 Å². The number of benzene rings is 1. The van der Waals surface area contributed by atoms with E-state index in [0.717, 1.165) is 18.5 Å². The maximum atomic E-state index is 12.9. The zero-order chi connectivity index (χ0) is 17.1. The van der Waals surface area contributed by atoms with E-state index in [1.807, 2.05) is 39.8 Å². The molecule has 0 radical (unpaired) electrons. The summed E-state index contributed by atoms with van der Waals surface area (Å²) in [5.41, 5.74) is 2.70. The molecular weight excluding hydrogens is 314 g/mol. The Morgan fingerprint density at radius 1 is 1.16 bits per heavy atom. The largest absolute Gasteiger partial charge is 0.375 e. The molecule has 25 heavy (non-hydrogen) atoms. The predicted octanol–water partition coefficient (Wildman–Crippen LogP) is 2.81. The standard InChI is InChI=1S/C20H21N3O2/c24-20(18-14-21-19-8-4-5-11-23(18)19)22-12-13-25-17(15-22)10-9-16-6-2-1-3-7-16/h1-8,11,14,17H,9-10,12-13,15H2. The van der Waals surface area contributed by atoms with Crippen LogP contribution in [0.15, 0.2) is 60.9 Å². The molecule has 2 aromatic heterocycles. The summed E-state index contributed by atoms with van der Waals surface area (Å²) in [7, 11) is 0. The molecule has 1 saturated heterocycles. The van der Waals surface area contributed by atoms with E-state index in [9.17, 15) is 4.79 Å². The van der Waals surface area contributed by atoms with E-state index in [2.05, 4.69) is 29.2 Å². The Balaban J connectivity index is 1.43. The second kappa shape index (κ2) is 7.07. The first-order chi connectivity index (χ1) is 12.3. The highest BCUT2D eigenvalue weighted by Gasteiger charge is 2.26.